The Morgan fingerprint density at radius 1 is 1.11 bits per heavy atom. The summed E-state index contributed by atoms with van der Waals surface area (Å²) in [6.45, 7) is 21.6. The quantitative estimate of drug-likeness (QED) is 0.461. The first-order valence-corrected chi connectivity index (χ1v) is 10.8. The molecule has 161 valence electrons. The maximum absolute atomic E-state index is 9.70. The van der Waals surface area contributed by atoms with Crippen molar-refractivity contribution in [3.63, 3.8) is 0 Å². The van der Waals surface area contributed by atoms with E-state index in [4.69, 9.17) is 5.11 Å². The third-order valence-corrected chi connectivity index (χ3v) is 7.83. The smallest absolute Gasteiger partial charge is 0.0679 e. The van der Waals surface area contributed by atoms with Gasteiger partial charge >= 0.3 is 0 Å². The largest absolute Gasteiger partial charge is 0.400 e. The highest BCUT2D eigenvalue weighted by atomic mass is 16.3. The van der Waals surface area contributed by atoms with Gasteiger partial charge in [-0.2, -0.15) is 0 Å². The van der Waals surface area contributed by atoms with Crippen molar-refractivity contribution in [3.8, 4) is 0 Å². The predicted octanol–water partition coefficient (Wildman–Crippen LogP) is 7.12. The van der Waals surface area contributed by atoms with Crippen LogP contribution in [0.25, 0.3) is 0 Å². The van der Waals surface area contributed by atoms with Crippen molar-refractivity contribution in [2.24, 2.45) is 16.2 Å². The van der Waals surface area contributed by atoms with E-state index in [1.165, 1.54) is 56.1 Å². The molecule has 0 aromatic heterocycles. The number of hydrogen-bond donors (Lipinski definition) is 2. The van der Waals surface area contributed by atoms with Gasteiger partial charge in [0.1, 0.15) is 0 Å². The Hall–Kier alpha value is -0.600. The van der Waals surface area contributed by atoms with E-state index >= 15 is 0 Å². The van der Waals surface area contributed by atoms with E-state index in [0.717, 1.165) is 7.11 Å². The van der Waals surface area contributed by atoms with Crippen LogP contribution in [-0.4, -0.2) is 22.9 Å². The molecule has 2 atom stereocenters. The molecular weight excluding hydrogens is 332 g/mol. The highest BCUT2D eigenvalue weighted by Crippen LogP contribution is 2.61. The van der Waals surface area contributed by atoms with Crippen molar-refractivity contribution in [2.45, 2.75) is 106 Å². The number of aliphatic hydroxyl groups is 2. The summed E-state index contributed by atoms with van der Waals surface area (Å²) >= 11 is 0. The highest BCUT2D eigenvalue weighted by Gasteiger charge is 2.50. The van der Waals surface area contributed by atoms with Crippen molar-refractivity contribution in [2.75, 3.05) is 7.11 Å². The monoisotopic (exact) mass is 381 g/mol. The summed E-state index contributed by atoms with van der Waals surface area (Å²) < 4.78 is 0. The van der Waals surface area contributed by atoms with Crippen LogP contribution in [0.3, 0.4) is 0 Å². The second-order valence-electron chi connectivity index (χ2n) is 9.50. The zero-order valence-electron chi connectivity index (χ0n) is 19.7. The molecule has 0 amide bonds. The molecule has 1 fully saturated rings. The summed E-state index contributed by atoms with van der Waals surface area (Å²) in [5.74, 6) is 0. The number of unbranched alkanes of at least 4 members (excludes halogenated alkanes) is 1. The van der Waals surface area contributed by atoms with E-state index in [9.17, 15) is 5.11 Å². The zero-order valence-corrected chi connectivity index (χ0v) is 19.7. The van der Waals surface area contributed by atoms with Crippen molar-refractivity contribution in [1.29, 1.82) is 0 Å². The fourth-order valence-electron chi connectivity index (χ4n) is 4.41. The molecule has 0 aromatic carbocycles. The lowest BCUT2D eigenvalue weighted by Gasteiger charge is -2.44. The summed E-state index contributed by atoms with van der Waals surface area (Å²) in [6.07, 6.45) is 13.5. The normalized spacial score (nSPS) is 27.2. The number of aliphatic hydroxyl groups excluding tert-OH is 1. The molecule has 2 aliphatic carbocycles. The first-order chi connectivity index (χ1) is 12.4. The fourth-order valence-corrected chi connectivity index (χ4v) is 4.41. The molecular formula is C25H49O2. The minimum atomic E-state index is -0.619. The summed E-state index contributed by atoms with van der Waals surface area (Å²) in [5, 5.41) is 16.7. The molecule has 0 unspecified atom stereocenters. The van der Waals surface area contributed by atoms with E-state index in [1.54, 1.807) is 0 Å². The van der Waals surface area contributed by atoms with Crippen LogP contribution in [0.4, 0.5) is 0 Å². The lowest BCUT2D eigenvalue weighted by atomic mass is 9.60. The Morgan fingerprint density at radius 2 is 1.63 bits per heavy atom. The third kappa shape index (κ3) is 5.70. The van der Waals surface area contributed by atoms with Crippen LogP contribution >= 0.6 is 0 Å². The van der Waals surface area contributed by atoms with E-state index < -0.39 is 5.60 Å². The van der Waals surface area contributed by atoms with E-state index in [1.807, 2.05) is 13.8 Å². The van der Waals surface area contributed by atoms with Crippen LogP contribution in [0.2, 0.25) is 0 Å². The van der Waals surface area contributed by atoms with Crippen molar-refractivity contribution in [1.82, 2.24) is 0 Å². The molecule has 0 aromatic rings. The zero-order chi connectivity index (χ0) is 21.5. The fraction of sp³-hybridized carbons (Fsp3) is 0.800. The van der Waals surface area contributed by atoms with Gasteiger partial charge in [0.15, 0.2) is 0 Å². The molecule has 0 saturated heterocycles. The SMILES string of the molecule is C=C1CC[C@@](CC)(CCCC)[C@]1(C)CC.CC(C)(O)C(C)(C)C1=C[CH]1.CO.[HH]. The van der Waals surface area contributed by atoms with Crippen LogP contribution in [0, 0.1) is 22.7 Å². The highest BCUT2D eigenvalue weighted by molar-refractivity contribution is 5.45. The summed E-state index contributed by atoms with van der Waals surface area (Å²) in [5.41, 5.74) is 3.05. The van der Waals surface area contributed by atoms with Crippen LogP contribution < -0.4 is 0 Å². The molecule has 0 spiro atoms. The van der Waals surface area contributed by atoms with Gasteiger partial charge in [-0.25, -0.2) is 0 Å². The maximum atomic E-state index is 9.70. The molecule has 2 heteroatoms. The van der Waals surface area contributed by atoms with Gasteiger partial charge in [-0.15, -0.1) is 0 Å². The summed E-state index contributed by atoms with van der Waals surface area (Å²) in [6, 6.07) is 0. The van der Waals surface area contributed by atoms with Crippen LogP contribution in [0.1, 0.15) is 102 Å². The van der Waals surface area contributed by atoms with E-state index in [2.05, 4.69) is 60.6 Å². The topological polar surface area (TPSA) is 40.5 Å². The Morgan fingerprint density at radius 3 is 1.93 bits per heavy atom. The molecule has 2 N–H and O–H groups in total. The predicted molar refractivity (Wildman–Crippen MR) is 122 cm³/mol. The Labute approximate surface area is 171 Å². The first-order valence-electron chi connectivity index (χ1n) is 10.8. The Bertz CT molecular complexity index is 501. The minimum absolute atomic E-state index is 0. The van der Waals surface area contributed by atoms with Gasteiger partial charge in [-0.05, 0) is 56.8 Å². The average molecular weight is 382 g/mol. The van der Waals surface area contributed by atoms with Crippen LogP contribution in [0.5, 0.6) is 0 Å². The van der Waals surface area contributed by atoms with Gasteiger partial charge in [-0.3, -0.25) is 0 Å². The summed E-state index contributed by atoms with van der Waals surface area (Å²) in [7, 11) is 1.00. The second kappa shape index (κ2) is 10.3. The number of hydrogen-bond acceptors (Lipinski definition) is 2. The van der Waals surface area contributed by atoms with E-state index in [-0.39, 0.29) is 6.84 Å². The minimum Gasteiger partial charge on any atom is -0.400 e. The molecule has 27 heavy (non-hydrogen) atoms. The standard InChI is InChI=1S/C15H28.C9H15O.CH4O.H2/c1-6-9-11-15(8-3)12-10-13(4)14(15,5)7-2;1-8(2,7-5-6-7)9(3,4)10;1-2;/h4,6-12H2,1-3,5H3;5-6,10H,1-4H3;2H,1H3;1H/t14-,15-;;;/m1.../s1. The van der Waals surface area contributed by atoms with Gasteiger partial charge in [-0.1, -0.05) is 78.2 Å². The van der Waals surface area contributed by atoms with Crippen LogP contribution in [0.15, 0.2) is 23.8 Å². The molecule has 2 nitrogen and oxygen atoms in total. The lowest BCUT2D eigenvalue weighted by Crippen LogP contribution is -2.38. The van der Waals surface area contributed by atoms with Gasteiger partial charge in [0.05, 0.1) is 5.60 Å². The van der Waals surface area contributed by atoms with Gasteiger partial charge < -0.3 is 10.2 Å². The molecule has 0 bridgehead atoms. The Kier molecular flexibility index (Phi) is 10.0. The molecule has 1 saturated carbocycles. The molecule has 2 aliphatic rings. The summed E-state index contributed by atoms with van der Waals surface area (Å²) in [4.78, 5) is 0. The van der Waals surface area contributed by atoms with E-state index in [0.29, 0.717) is 10.8 Å². The molecule has 1 radical (unpaired) electrons. The van der Waals surface area contributed by atoms with Gasteiger partial charge in [0.25, 0.3) is 0 Å². The molecule has 2 rings (SSSR count). The molecule has 0 heterocycles. The third-order valence-electron chi connectivity index (χ3n) is 7.83. The number of rotatable bonds is 7. The van der Waals surface area contributed by atoms with Gasteiger partial charge in [0, 0.05) is 20.4 Å². The molecule has 0 aliphatic heterocycles. The van der Waals surface area contributed by atoms with Gasteiger partial charge in [0.2, 0.25) is 0 Å². The average Bonchev–Trinajstić information content (AvgIpc) is 3.45. The lowest BCUT2D eigenvalue weighted by molar-refractivity contribution is -0.0103. The van der Waals surface area contributed by atoms with Crippen molar-refractivity contribution < 1.29 is 11.6 Å². The van der Waals surface area contributed by atoms with Crippen LogP contribution in [-0.2, 0) is 0 Å². The number of allylic oxidation sites excluding steroid dienone is 2. The maximum Gasteiger partial charge on any atom is 0.0679 e. The second-order valence-corrected chi connectivity index (χ2v) is 9.50. The first kappa shape index (κ1) is 26.4. The van der Waals surface area contributed by atoms with Crippen molar-refractivity contribution >= 4 is 0 Å². The Balaban J connectivity index is 0. The van der Waals surface area contributed by atoms with Crippen molar-refractivity contribution in [3.05, 3.63) is 30.2 Å².